The first-order chi connectivity index (χ1) is 3.97. The van der Waals surface area contributed by atoms with Crippen molar-refractivity contribution in [2.24, 2.45) is 0 Å². The Hall–Kier alpha value is 0.700. The third-order valence-corrected chi connectivity index (χ3v) is 4.94. The van der Waals surface area contributed by atoms with Gasteiger partial charge in [-0.2, -0.15) is 0 Å². The molecule has 2 unspecified atom stereocenters. The summed E-state index contributed by atoms with van der Waals surface area (Å²) in [5, 5.41) is 1.07. The van der Waals surface area contributed by atoms with E-state index in [1.54, 1.807) is 0 Å². The minimum atomic E-state index is 1.03. The monoisotopic (exact) mass is 146 g/mol. The summed E-state index contributed by atoms with van der Waals surface area (Å²) in [6.45, 7) is 0. The van der Waals surface area contributed by atoms with Crippen LogP contribution in [0.1, 0.15) is 19.3 Å². The lowest BCUT2D eigenvalue weighted by atomic mass is 10.2. The smallest absolute Gasteiger partial charge is 0.0624 e. The van der Waals surface area contributed by atoms with E-state index in [0.29, 0.717) is 0 Å². The topological polar surface area (TPSA) is 0 Å². The number of hydrogen-bond acceptors (Lipinski definition) is 2. The predicted octanol–water partition coefficient (Wildman–Crippen LogP) is 2.34. The maximum absolute atomic E-state index is 2.18. The van der Waals surface area contributed by atoms with Gasteiger partial charge in [-0.05, 0) is 18.6 Å². The van der Waals surface area contributed by atoms with Gasteiger partial charge in [-0.3, -0.25) is 0 Å². The molecule has 0 amide bonds. The molecule has 0 saturated carbocycles. The minimum Gasteiger partial charge on any atom is -0.146 e. The highest BCUT2D eigenvalue weighted by atomic mass is 32.2. The van der Waals surface area contributed by atoms with E-state index in [1.807, 2.05) is 0 Å². The quantitative estimate of drug-likeness (QED) is 0.481. The van der Waals surface area contributed by atoms with E-state index < -0.39 is 0 Å². The van der Waals surface area contributed by atoms with E-state index in [1.165, 1.54) is 25.0 Å². The van der Waals surface area contributed by atoms with Crippen LogP contribution in [0.3, 0.4) is 0 Å². The standard InChI is InChI=1S/C6H10S2/c1-2-4-7-6-5(3-1)8-6/h5-6H,1-4H2. The number of rotatable bonds is 0. The molecule has 2 aliphatic rings. The maximum Gasteiger partial charge on any atom is 0.0624 e. The summed E-state index contributed by atoms with van der Waals surface area (Å²) < 4.78 is 1.03. The molecule has 0 aliphatic carbocycles. The number of fused-ring (bicyclic) bond motifs is 1. The van der Waals surface area contributed by atoms with Gasteiger partial charge in [-0.25, -0.2) is 0 Å². The average Bonchev–Trinajstić information content (AvgIpc) is 2.36. The summed E-state index contributed by atoms with van der Waals surface area (Å²) >= 11 is 4.35. The van der Waals surface area contributed by atoms with Gasteiger partial charge in [0.15, 0.2) is 0 Å². The van der Waals surface area contributed by atoms with Crippen LogP contribution in [-0.2, 0) is 0 Å². The maximum atomic E-state index is 2.18. The molecule has 0 spiro atoms. The van der Waals surface area contributed by atoms with E-state index in [0.717, 1.165) is 9.83 Å². The molecule has 2 heterocycles. The molecule has 0 aromatic carbocycles. The Morgan fingerprint density at radius 2 is 2.25 bits per heavy atom. The average molecular weight is 146 g/mol. The van der Waals surface area contributed by atoms with Crippen LogP contribution in [0.25, 0.3) is 0 Å². The van der Waals surface area contributed by atoms with Crippen molar-refractivity contribution >= 4 is 23.5 Å². The van der Waals surface area contributed by atoms with Crippen LogP contribution in [0.15, 0.2) is 0 Å². The van der Waals surface area contributed by atoms with Gasteiger partial charge in [0.2, 0.25) is 0 Å². The molecule has 0 nitrogen and oxygen atoms in total. The molecule has 2 atom stereocenters. The van der Waals surface area contributed by atoms with E-state index in [9.17, 15) is 0 Å². The van der Waals surface area contributed by atoms with E-state index in [2.05, 4.69) is 23.5 Å². The van der Waals surface area contributed by atoms with Gasteiger partial charge in [0, 0.05) is 5.25 Å². The molecule has 2 fully saturated rings. The molecule has 2 heteroatoms. The van der Waals surface area contributed by atoms with Crippen molar-refractivity contribution in [3.05, 3.63) is 0 Å². The van der Waals surface area contributed by atoms with E-state index in [-0.39, 0.29) is 0 Å². The first-order valence-corrected chi connectivity index (χ1v) is 5.23. The molecule has 0 N–H and O–H groups in total. The molecule has 8 heavy (non-hydrogen) atoms. The van der Waals surface area contributed by atoms with Crippen molar-refractivity contribution < 1.29 is 0 Å². The minimum absolute atomic E-state index is 1.03. The Kier molecular flexibility index (Phi) is 1.47. The molecule has 0 aromatic heterocycles. The van der Waals surface area contributed by atoms with Crippen LogP contribution >= 0.6 is 23.5 Å². The SMILES string of the molecule is C1CCC2SC2SC1. The second kappa shape index (κ2) is 2.14. The summed E-state index contributed by atoms with van der Waals surface area (Å²) in [7, 11) is 0. The van der Waals surface area contributed by atoms with Crippen LogP contribution < -0.4 is 0 Å². The molecule has 2 saturated heterocycles. The van der Waals surface area contributed by atoms with Crippen LogP contribution in [0.2, 0.25) is 0 Å². The second-order valence-corrected chi connectivity index (χ2v) is 5.34. The summed E-state index contributed by atoms with van der Waals surface area (Å²) in [6, 6.07) is 0. The zero-order valence-electron chi connectivity index (χ0n) is 4.80. The number of hydrogen-bond donors (Lipinski definition) is 0. The molecule has 0 radical (unpaired) electrons. The van der Waals surface area contributed by atoms with Crippen molar-refractivity contribution in [2.45, 2.75) is 29.1 Å². The highest BCUT2D eigenvalue weighted by Gasteiger charge is 2.38. The van der Waals surface area contributed by atoms with Crippen molar-refractivity contribution in [3.63, 3.8) is 0 Å². The lowest BCUT2D eigenvalue weighted by Crippen LogP contribution is -1.83. The van der Waals surface area contributed by atoms with Gasteiger partial charge in [-0.15, -0.1) is 23.5 Å². The Morgan fingerprint density at radius 3 is 3.25 bits per heavy atom. The highest BCUT2D eigenvalue weighted by Crippen LogP contribution is 2.53. The van der Waals surface area contributed by atoms with Crippen molar-refractivity contribution in [2.75, 3.05) is 5.75 Å². The van der Waals surface area contributed by atoms with Gasteiger partial charge in [0.25, 0.3) is 0 Å². The third-order valence-electron chi connectivity index (χ3n) is 1.70. The highest BCUT2D eigenvalue weighted by molar-refractivity contribution is 8.23. The first kappa shape index (κ1) is 5.48. The summed E-state index contributed by atoms with van der Waals surface area (Å²) in [4.78, 5) is 0. The summed E-state index contributed by atoms with van der Waals surface area (Å²) in [5.41, 5.74) is 0. The van der Waals surface area contributed by atoms with E-state index >= 15 is 0 Å². The molecular formula is C6H10S2. The molecule has 46 valence electrons. The van der Waals surface area contributed by atoms with Gasteiger partial charge in [0.05, 0.1) is 4.58 Å². The molecular weight excluding hydrogens is 136 g/mol. The Bertz CT molecular complexity index is 82.5. The lowest BCUT2D eigenvalue weighted by Gasteiger charge is -1.90. The molecule has 2 rings (SSSR count). The fraction of sp³-hybridized carbons (Fsp3) is 1.00. The van der Waals surface area contributed by atoms with Crippen LogP contribution in [0, 0.1) is 0 Å². The first-order valence-electron chi connectivity index (χ1n) is 3.24. The molecule has 0 aromatic rings. The predicted molar refractivity (Wildman–Crippen MR) is 41.5 cm³/mol. The second-order valence-electron chi connectivity index (χ2n) is 2.41. The van der Waals surface area contributed by atoms with Crippen molar-refractivity contribution in [3.8, 4) is 0 Å². The third kappa shape index (κ3) is 1.01. The Balaban J connectivity index is 1.89. The van der Waals surface area contributed by atoms with Crippen LogP contribution in [0.4, 0.5) is 0 Å². The zero-order chi connectivity index (χ0) is 5.40. The largest absolute Gasteiger partial charge is 0.146 e. The zero-order valence-corrected chi connectivity index (χ0v) is 6.43. The van der Waals surface area contributed by atoms with Gasteiger partial charge in [-0.1, -0.05) is 6.42 Å². The Labute approximate surface area is 58.8 Å². The van der Waals surface area contributed by atoms with Crippen molar-refractivity contribution in [1.29, 1.82) is 0 Å². The molecule has 2 aliphatic heterocycles. The summed E-state index contributed by atoms with van der Waals surface area (Å²) in [6.07, 6.45) is 4.46. The summed E-state index contributed by atoms with van der Waals surface area (Å²) in [5.74, 6) is 1.42. The van der Waals surface area contributed by atoms with Gasteiger partial charge in [0.1, 0.15) is 0 Å². The fourth-order valence-electron chi connectivity index (χ4n) is 1.12. The Morgan fingerprint density at radius 1 is 1.25 bits per heavy atom. The van der Waals surface area contributed by atoms with Crippen LogP contribution in [-0.4, -0.2) is 15.6 Å². The fourth-order valence-corrected chi connectivity index (χ4v) is 4.04. The van der Waals surface area contributed by atoms with Gasteiger partial charge >= 0.3 is 0 Å². The molecule has 0 bridgehead atoms. The van der Waals surface area contributed by atoms with E-state index in [4.69, 9.17) is 0 Å². The normalized spacial score (nSPS) is 45.0. The number of thioether (sulfide) groups is 2. The lowest BCUT2D eigenvalue weighted by molar-refractivity contribution is 0.753. The van der Waals surface area contributed by atoms with Gasteiger partial charge < -0.3 is 0 Å². The van der Waals surface area contributed by atoms with Crippen molar-refractivity contribution in [1.82, 2.24) is 0 Å². The van der Waals surface area contributed by atoms with Crippen LogP contribution in [0.5, 0.6) is 0 Å².